The van der Waals surface area contributed by atoms with Crippen LogP contribution in [-0.4, -0.2) is 73.7 Å². The number of hydrogen-bond donors (Lipinski definition) is 1. The minimum atomic E-state index is -3.45. The molecule has 9 nitrogen and oxygen atoms in total. The van der Waals surface area contributed by atoms with Gasteiger partial charge >= 0.3 is 0 Å². The van der Waals surface area contributed by atoms with Crippen LogP contribution >= 0.6 is 0 Å². The van der Waals surface area contributed by atoms with E-state index >= 15 is 0 Å². The molecule has 2 aromatic rings. The standard InChI is InChI=1S/C19H25N5O4S/c1-2-28-17-6-4-16(5-7-17)18(25)20-10-15-29(26,27)24-13-11-23(12-14-24)19-21-8-3-9-22-19/h3-9H,2,10-15H2,1H3,(H,20,25). The van der Waals surface area contributed by atoms with Gasteiger partial charge in [0.25, 0.3) is 5.91 Å². The largest absolute Gasteiger partial charge is 0.494 e. The van der Waals surface area contributed by atoms with Crippen molar-refractivity contribution in [2.24, 2.45) is 0 Å². The van der Waals surface area contributed by atoms with Gasteiger partial charge in [-0.3, -0.25) is 4.79 Å². The number of piperazine rings is 1. The lowest BCUT2D eigenvalue weighted by atomic mass is 10.2. The van der Waals surface area contributed by atoms with E-state index in [-0.39, 0.29) is 18.2 Å². The summed E-state index contributed by atoms with van der Waals surface area (Å²) in [5.41, 5.74) is 0.460. The fourth-order valence-electron chi connectivity index (χ4n) is 3.01. The molecule has 0 atom stereocenters. The van der Waals surface area contributed by atoms with E-state index in [9.17, 15) is 13.2 Å². The van der Waals surface area contributed by atoms with Crippen molar-refractivity contribution in [2.75, 3.05) is 50.0 Å². The van der Waals surface area contributed by atoms with Crippen LogP contribution < -0.4 is 15.0 Å². The summed E-state index contributed by atoms with van der Waals surface area (Å²) in [7, 11) is -3.45. The molecule has 1 amide bonds. The summed E-state index contributed by atoms with van der Waals surface area (Å²) >= 11 is 0. The summed E-state index contributed by atoms with van der Waals surface area (Å²) in [5.74, 6) is 0.838. The summed E-state index contributed by atoms with van der Waals surface area (Å²) < 4.78 is 31.9. The lowest BCUT2D eigenvalue weighted by Crippen LogP contribution is -2.50. The van der Waals surface area contributed by atoms with E-state index in [0.717, 1.165) is 0 Å². The molecule has 156 valence electrons. The maximum Gasteiger partial charge on any atom is 0.251 e. The molecule has 1 aliphatic rings. The highest BCUT2D eigenvalue weighted by atomic mass is 32.2. The molecule has 1 saturated heterocycles. The quantitative estimate of drug-likeness (QED) is 0.673. The van der Waals surface area contributed by atoms with Gasteiger partial charge in [-0.15, -0.1) is 0 Å². The number of anilines is 1. The fourth-order valence-corrected chi connectivity index (χ4v) is 4.35. The van der Waals surface area contributed by atoms with E-state index in [0.29, 0.717) is 50.0 Å². The molecule has 10 heteroatoms. The van der Waals surface area contributed by atoms with Crippen LogP contribution in [-0.2, 0) is 10.0 Å². The first-order chi connectivity index (χ1) is 14.0. The Hall–Kier alpha value is -2.72. The van der Waals surface area contributed by atoms with E-state index in [2.05, 4.69) is 15.3 Å². The zero-order valence-corrected chi connectivity index (χ0v) is 17.1. The van der Waals surface area contributed by atoms with Crippen LogP contribution in [0.15, 0.2) is 42.7 Å². The zero-order chi connectivity index (χ0) is 20.7. The van der Waals surface area contributed by atoms with Gasteiger partial charge in [0.2, 0.25) is 16.0 Å². The van der Waals surface area contributed by atoms with Crippen molar-refractivity contribution in [3.8, 4) is 5.75 Å². The van der Waals surface area contributed by atoms with Gasteiger partial charge in [0.15, 0.2) is 0 Å². The summed E-state index contributed by atoms with van der Waals surface area (Å²) in [4.78, 5) is 22.5. The second-order valence-corrected chi connectivity index (χ2v) is 8.55. The minimum Gasteiger partial charge on any atom is -0.494 e. The monoisotopic (exact) mass is 419 g/mol. The third-order valence-electron chi connectivity index (χ3n) is 4.54. The van der Waals surface area contributed by atoms with Crippen LogP contribution in [0.1, 0.15) is 17.3 Å². The number of benzene rings is 1. The number of aromatic nitrogens is 2. The van der Waals surface area contributed by atoms with Crippen molar-refractivity contribution >= 4 is 21.9 Å². The van der Waals surface area contributed by atoms with Crippen molar-refractivity contribution in [3.05, 3.63) is 48.3 Å². The summed E-state index contributed by atoms with van der Waals surface area (Å²) in [5, 5.41) is 2.66. The molecule has 1 fully saturated rings. The smallest absolute Gasteiger partial charge is 0.251 e. The van der Waals surface area contributed by atoms with Crippen molar-refractivity contribution < 1.29 is 17.9 Å². The average Bonchev–Trinajstić information content (AvgIpc) is 2.75. The number of carbonyl (C=O) groups excluding carboxylic acids is 1. The Kier molecular flexibility index (Phi) is 6.99. The zero-order valence-electron chi connectivity index (χ0n) is 16.3. The first-order valence-corrected chi connectivity index (χ1v) is 11.1. The number of amides is 1. The van der Waals surface area contributed by atoms with Crippen LogP contribution in [0.25, 0.3) is 0 Å². The molecule has 1 N–H and O–H groups in total. The predicted octanol–water partition coefficient (Wildman–Crippen LogP) is 0.757. The molecule has 1 aromatic heterocycles. The molecule has 1 aliphatic heterocycles. The van der Waals surface area contributed by atoms with Gasteiger partial charge in [-0.2, -0.15) is 4.31 Å². The maximum absolute atomic E-state index is 12.6. The predicted molar refractivity (Wildman–Crippen MR) is 110 cm³/mol. The molecular weight excluding hydrogens is 394 g/mol. The molecular formula is C19H25N5O4S. The fraction of sp³-hybridized carbons (Fsp3) is 0.421. The summed E-state index contributed by atoms with van der Waals surface area (Å²) in [6, 6.07) is 8.47. The first-order valence-electron chi connectivity index (χ1n) is 9.50. The molecule has 0 saturated carbocycles. The van der Waals surface area contributed by atoms with Crippen molar-refractivity contribution in [1.29, 1.82) is 0 Å². The second-order valence-electron chi connectivity index (χ2n) is 6.46. The number of nitrogens with zero attached hydrogens (tertiary/aromatic N) is 4. The summed E-state index contributed by atoms with van der Waals surface area (Å²) in [6.07, 6.45) is 3.33. The number of carbonyl (C=O) groups is 1. The second kappa shape index (κ2) is 9.66. The molecule has 1 aromatic carbocycles. The van der Waals surface area contributed by atoms with Crippen molar-refractivity contribution in [1.82, 2.24) is 19.6 Å². The lowest BCUT2D eigenvalue weighted by Gasteiger charge is -2.33. The van der Waals surface area contributed by atoms with E-state index in [1.54, 1.807) is 42.7 Å². The molecule has 3 rings (SSSR count). The number of hydrogen-bond acceptors (Lipinski definition) is 7. The van der Waals surface area contributed by atoms with E-state index in [1.165, 1.54) is 4.31 Å². The molecule has 0 bridgehead atoms. The Bertz CT molecular complexity index is 898. The van der Waals surface area contributed by atoms with E-state index in [4.69, 9.17) is 4.74 Å². The van der Waals surface area contributed by atoms with Gasteiger partial charge in [-0.05, 0) is 37.3 Å². The number of ether oxygens (including phenoxy) is 1. The molecule has 0 spiro atoms. The van der Waals surface area contributed by atoms with Crippen LogP contribution in [0.3, 0.4) is 0 Å². The first kappa shape index (κ1) is 21.0. The molecule has 0 unspecified atom stereocenters. The maximum atomic E-state index is 12.6. The summed E-state index contributed by atoms with van der Waals surface area (Å²) in [6.45, 7) is 4.28. The van der Waals surface area contributed by atoms with Gasteiger partial charge < -0.3 is 15.0 Å². The highest BCUT2D eigenvalue weighted by Gasteiger charge is 2.27. The van der Waals surface area contributed by atoms with E-state index < -0.39 is 10.0 Å². The Labute approximate surface area is 170 Å². The van der Waals surface area contributed by atoms with Crippen LogP contribution in [0, 0.1) is 0 Å². The van der Waals surface area contributed by atoms with Crippen LogP contribution in [0.2, 0.25) is 0 Å². The van der Waals surface area contributed by atoms with Crippen molar-refractivity contribution in [2.45, 2.75) is 6.92 Å². The topological polar surface area (TPSA) is 105 Å². The number of rotatable bonds is 8. The number of nitrogens with one attached hydrogen (secondary N) is 1. The Morgan fingerprint density at radius 3 is 2.38 bits per heavy atom. The lowest BCUT2D eigenvalue weighted by molar-refractivity contribution is 0.0956. The van der Waals surface area contributed by atoms with Gasteiger partial charge in [0.05, 0.1) is 12.4 Å². The molecule has 0 aliphatic carbocycles. The van der Waals surface area contributed by atoms with Crippen LogP contribution in [0.5, 0.6) is 5.75 Å². The normalized spacial score (nSPS) is 15.1. The third kappa shape index (κ3) is 5.64. The van der Waals surface area contributed by atoms with Crippen molar-refractivity contribution in [3.63, 3.8) is 0 Å². The van der Waals surface area contributed by atoms with Gasteiger partial charge in [0.1, 0.15) is 5.75 Å². The Morgan fingerprint density at radius 1 is 1.10 bits per heavy atom. The van der Waals surface area contributed by atoms with Gasteiger partial charge in [-0.25, -0.2) is 18.4 Å². The molecule has 0 radical (unpaired) electrons. The minimum absolute atomic E-state index is 0.0520. The average molecular weight is 420 g/mol. The highest BCUT2D eigenvalue weighted by molar-refractivity contribution is 7.89. The van der Waals surface area contributed by atoms with Crippen LogP contribution in [0.4, 0.5) is 5.95 Å². The Balaban J connectivity index is 1.46. The van der Waals surface area contributed by atoms with E-state index in [1.807, 2.05) is 11.8 Å². The molecule has 2 heterocycles. The molecule has 29 heavy (non-hydrogen) atoms. The van der Waals surface area contributed by atoms with Gasteiger partial charge in [-0.1, -0.05) is 0 Å². The Morgan fingerprint density at radius 2 is 1.76 bits per heavy atom. The third-order valence-corrected chi connectivity index (χ3v) is 6.41. The number of sulfonamides is 1. The van der Waals surface area contributed by atoms with Gasteiger partial charge in [0, 0.05) is 50.7 Å². The SMILES string of the molecule is CCOc1ccc(C(=O)NCCS(=O)(=O)N2CCN(c3ncccn3)CC2)cc1. The highest BCUT2D eigenvalue weighted by Crippen LogP contribution is 2.13.